The average molecular weight is 478 g/mol. The molecule has 1 amide bonds. The lowest BCUT2D eigenvalue weighted by atomic mass is 10.1. The van der Waals surface area contributed by atoms with Crippen molar-refractivity contribution in [2.75, 3.05) is 19.1 Å². The van der Waals surface area contributed by atoms with E-state index in [4.69, 9.17) is 14.2 Å². The second-order valence-corrected chi connectivity index (χ2v) is 11.5. The molecule has 0 spiro atoms. The van der Waals surface area contributed by atoms with Crippen LogP contribution >= 0.6 is 7.37 Å². The van der Waals surface area contributed by atoms with E-state index in [1.54, 1.807) is 12.1 Å². The van der Waals surface area contributed by atoms with Gasteiger partial charge in [0, 0.05) is 18.8 Å². The van der Waals surface area contributed by atoms with E-state index < -0.39 is 19.1 Å². The molecular weight excluding hydrogens is 441 g/mol. The lowest BCUT2D eigenvalue weighted by Gasteiger charge is -2.22. The van der Waals surface area contributed by atoms with Crippen molar-refractivity contribution >= 4 is 13.5 Å². The fourth-order valence-corrected chi connectivity index (χ4v) is 4.15. The molecule has 0 bridgehead atoms. The van der Waals surface area contributed by atoms with Crippen LogP contribution in [0.25, 0.3) is 0 Å². The number of nitrogens with one attached hydrogen (secondary N) is 1. The predicted molar refractivity (Wildman–Crippen MR) is 130 cm³/mol. The Kier molecular flexibility index (Phi) is 10.4. The van der Waals surface area contributed by atoms with Gasteiger partial charge in [0.25, 0.3) is 0 Å². The van der Waals surface area contributed by atoms with Gasteiger partial charge < -0.3 is 24.4 Å². The molecule has 0 saturated carbocycles. The Labute approximate surface area is 196 Å². The van der Waals surface area contributed by atoms with Crippen molar-refractivity contribution in [3.63, 3.8) is 0 Å². The van der Waals surface area contributed by atoms with Crippen LogP contribution in [-0.4, -0.2) is 41.7 Å². The number of benzene rings is 2. The highest BCUT2D eigenvalue weighted by Crippen LogP contribution is 2.41. The molecule has 0 aliphatic carbocycles. The Morgan fingerprint density at radius 1 is 1.06 bits per heavy atom. The van der Waals surface area contributed by atoms with Crippen LogP contribution in [0.3, 0.4) is 0 Å². The molecule has 0 radical (unpaired) electrons. The number of hydrogen-bond donors (Lipinski definition) is 2. The van der Waals surface area contributed by atoms with Crippen LogP contribution in [0.2, 0.25) is 0 Å². The first-order valence-electron chi connectivity index (χ1n) is 11.2. The van der Waals surface area contributed by atoms with Gasteiger partial charge in [-0.2, -0.15) is 0 Å². The molecule has 33 heavy (non-hydrogen) atoms. The van der Waals surface area contributed by atoms with Crippen molar-refractivity contribution in [2.24, 2.45) is 0 Å². The summed E-state index contributed by atoms with van der Waals surface area (Å²) in [6, 6.07) is 16.9. The lowest BCUT2D eigenvalue weighted by Crippen LogP contribution is -2.38. The molecule has 0 aliphatic heterocycles. The minimum absolute atomic E-state index is 0.0537. The normalized spacial score (nSPS) is 14.2. The van der Waals surface area contributed by atoms with E-state index in [-0.39, 0.29) is 18.6 Å². The first-order chi connectivity index (χ1) is 15.5. The number of carbonyl (C=O) groups is 1. The lowest BCUT2D eigenvalue weighted by molar-refractivity contribution is 0.0508. The summed E-state index contributed by atoms with van der Waals surface area (Å²) < 4.78 is 28.5. The zero-order valence-electron chi connectivity index (χ0n) is 20.0. The number of carbonyl (C=O) groups excluding carboxylic acids is 1. The summed E-state index contributed by atoms with van der Waals surface area (Å²) in [6.45, 7) is 8.27. The SMILES string of the molecule is C[C@H](Cc1ccc(COCCCP(=O)(O)COc2ccccc2)cc1)NC(=O)OC(C)(C)C. The molecule has 2 N–H and O–H groups in total. The van der Waals surface area contributed by atoms with E-state index in [0.717, 1.165) is 11.1 Å². The summed E-state index contributed by atoms with van der Waals surface area (Å²) in [5.41, 5.74) is 1.60. The molecule has 7 nitrogen and oxygen atoms in total. The Balaban J connectivity index is 1.63. The van der Waals surface area contributed by atoms with Crippen molar-refractivity contribution in [3.8, 4) is 5.75 Å². The number of hydrogen-bond acceptors (Lipinski definition) is 5. The van der Waals surface area contributed by atoms with Crippen LogP contribution in [0.15, 0.2) is 54.6 Å². The second-order valence-electron chi connectivity index (χ2n) is 9.13. The van der Waals surface area contributed by atoms with Crippen LogP contribution < -0.4 is 10.1 Å². The molecule has 182 valence electrons. The van der Waals surface area contributed by atoms with Gasteiger partial charge in [0.05, 0.1) is 6.61 Å². The molecule has 8 heteroatoms. The molecule has 2 aromatic carbocycles. The number of amides is 1. The molecule has 1 unspecified atom stereocenters. The van der Waals surface area contributed by atoms with Crippen molar-refractivity contribution in [1.82, 2.24) is 5.32 Å². The van der Waals surface area contributed by atoms with Gasteiger partial charge in [-0.3, -0.25) is 4.57 Å². The van der Waals surface area contributed by atoms with Crippen molar-refractivity contribution < 1.29 is 28.5 Å². The standard InChI is InChI=1S/C25H36NO6P/c1-20(26-24(27)32-25(2,3)4)17-21-11-13-22(14-12-21)18-30-15-8-16-33(28,29)19-31-23-9-6-5-7-10-23/h5-7,9-14,20H,8,15-19H2,1-4H3,(H,26,27)(H,28,29)/t20-/m1/s1. The summed E-state index contributed by atoms with van der Waals surface area (Å²) in [6.07, 6.45) is 0.717. The highest BCUT2D eigenvalue weighted by molar-refractivity contribution is 7.57. The van der Waals surface area contributed by atoms with Crippen molar-refractivity contribution in [3.05, 3.63) is 65.7 Å². The Hall–Kier alpha value is -2.34. The zero-order valence-corrected chi connectivity index (χ0v) is 20.8. The molecule has 2 aromatic rings. The summed E-state index contributed by atoms with van der Waals surface area (Å²) in [7, 11) is -3.35. The van der Waals surface area contributed by atoms with Gasteiger partial charge in [-0.05, 0) is 63.8 Å². The number of rotatable bonds is 12. The van der Waals surface area contributed by atoms with Crippen LogP contribution in [-0.2, 0) is 27.1 Å². The van der Waals surface area contributed by atoms with E-state index >= 15 is 0 Å². The fourth-order valence-electron chi connectivity index (χ4n) is 3.05. The first-order valence-corrected chi connectivity index (χ1v) is 13.2. The largest absolute Gasteiger partial charge is 0.484 e. The summed E-state index contributed by atoms with van der Waals surface area (Å²) >= 11 is 0. The molecule has 0 aromatic heterocycles. The Morgan fingerprint density at radius 2 is 1.70 bits per heavy atom. The molecule has 0 fully saturated rings. The Morgan fingerprint density at radius 3 is 2.33 bits per heavy atom. The fraction of sp³-hybridized carbons (Fsp3) is 0.480. The number of ether oxygens (including phenoxy) is 3. The van der Waals surface area contributed by atoms with Gasteiger partial charge in [0.15, 0.2) is 6.35 Å². The van der Waals surface area contributed by atoms with Gasteiger partial charge in [-0.25, -0.2) is 4.79 Å². The number of para-hydroxylation sites is 1. The third-order valence-corrected chi connectivity index (χ3v) is 6.12. The monoisotopic (exact) mass is 477 g/mol. The topological polar surface area (TPSA) is 94.1 Å². The van der Waals surface area contributed by atoms with E-state index in [0.29, 0.717) is 31.8 Å². The highest BCUT2D eigenvalue weighted by atomic mass is 31.2. The maximum atomic E-state index is 12.2. The van der Waals surface area contributed by atoms with Crippen LogP contribution in [0.5, 0.6) is 5.75 Å². The molecule has 0 aliphatic rings. The predicted octanol–water partition coefficient (Wildman–Crippen LogP) is 5.36. The van der Waals surface area contributed by atoms with E-state index in [1.165, 1.54) is 0 Å². The minimum Gasteiger partial charge on any atom is -0.484 e. The van der Waals surface area contributed by atoms with Crippen LogP contribution in [0.1, 0.15) is 45.2 Å². The van der Waals surface area contributed by atoms with Crippen molar-refractivity contribution in [1.29, 1.82) is 0 Å². The van der Waals surface area contributed by atoms with Gasteiger partial charge >= 0.3 is 6.09 Å². The zero-order chi connectivity index (χ0) is 24.3. The van der Waals surface area contributed by atoms with Crippen LogP contribution in [0.4, 0.5) is 4.79 Å². The van der Waals surface area contributed by atoms with E-state index in [1.807, 2.05) is 70.2 Å². The quantitative estimate of drug-likeness (QED) is 0.316. The average Bonchev–Trinajstić information content (AvgIpc) is 2.72. The number of alkyl carbamates (subject to hydrolysis) is 1. The minimum atomic E-state index is -3.35. The summed E-state index contributed by atoms with van der Waals surface area (Å²) in [5, 5.41) is 2.84. The van der Waals surface area contributed by atoms with E-state index in [9.17, 15) is 14.3 Å². The van der Waals surface area contributed by atoms with Gasteiger partial charge in [-0.15, -0.1) is 0 Å². The molecular formula is C25H36NO6P. The third kappa shape index (κ3) is 11.9. The third-order valence-electron chi connectivity index (χ3n) is 4.57. The molecule has 2 atom stereocenters. The maximum absolute atomic E-state index is 12.2. The molecule has 0 heterocycles. The highest BCUT2D eigenvalue weighted by Gasteiger charge is 2.19. The maximum Gasteiger partial charge on any atom is 0.407 e. The molecule has 0 saturated heterocycles. The first kappa shape index (κ1) is 26.9. The van der Waals surface area contributed by atoms with E-state index in [2.05, 4.69) is 5.32 Å². The van der Waals surface area contributed by atoms with Crippen LogP contribution in [0, 0.1) is 0 Å². The molecule has 2 rings (SSSR count). The van der Waals surface area contributed by atoms with Gasteiger partial charge in [0.2, 0.25) is 7.37 Å². The van der Waals surface area contributed by atoms with Gasteiger partial charge in [-0.1, -0.05) is 42.5 Å². The smallest absolute Gasteiger partial charge is 0.407 e. The Bertz CT molecular complexity index is 895. The summed E-state index contributed by atoms with van der Waals surface area (Å²) in [5.74, 6) is 0.585. The summed E-state index contributed by atoms with van der Waals surface area (Å²) in [4.78, 5) is 21.9. The van der Waals surface area contributed by atoms with Crippen molar-refractivity contribution in [2.45, 2.75) is 58.8 Å². The van der Waals surface area contributed by atoms with Gasteiger partial charge in [0.1, 0.15) is 11.4 Å². The second kappa shape index (κ2) is 12.8.